The maximum atomic E-state index is 12.1. The molecular formula is C16H28N4O3. The molecule has 0 spiro atoms. The molecule has 1 aliphatic heterocycles. The van der Waals surface area contributed by atoms with E-state index >= 15 is 0 Å². The molecule has 0 atom stereocenters. The molecule has 1 aromatic heterocycles. The lowest BCUT2D eigenvalue weighted by molar-refractivity contribution is -0.0963. The van der Waals surface area contributed by atoms with E-state index in [1.807, 2.05) is 34.0 Å². The van der Waals surface area contributed by atoms with Crippen molar-refractivity contribution in [3.63, 3.8) is 0 Å². The highest BCUT2D eigenvalue weighted by atomic mass is 16.6. The topological polar surface area (TPSA) is 69.5 Å². The molecule has 2 rings (SSSR count). The molecule has 0 N–H and O–H groups in total. The lowest BCUT2D eigenvalue weighted by atomic mass is 9.88. The fraction of sp³-hybridized carbons (Fsp3) is 0.812. The van der Waals surface area contributed by atoms with Crippen LogP contribution in [0.5, 0.6) is 0 Å². The minimum absolute atomic E-state index is 0.198. The van der Waals surface area contributed by atoms with E-state index in [2.05, 4.69) is 17.2 Å². The predicted octanol–water partition coefficient (Wildman–Crippen LogP) is 2.51. The van der Waals surface area contributed by atoms with Crippen LogP contribution in [0.4, 0.5) is 4.79 Å². The van der Waals surface area contributed by atoms with Crippen LogP contribution in [0.2, 0.25) is 0 Å². The number of rotatable bonds is 4. The van der Waals surface area contributed by atoms with Crippen LogP contribution in [0.3, 0.4) is 0 Å². The number of ether oxygens (including phenoxy) is 2. The second-order valence-corrected chi connectivity index (χ2v) is 7.18. The number of amides is 1. The van der Waals surface area contributed by atoms with Gasteiger partial charge in [-0.05, 0) is 40.0 Å². The number of aromatic nitrogens is 3. The Hall–Kier alpha value is -1.63. The minimum Gasteiger partial charge on any atom is -0.444 e. The molecule has 2 heterocycles. The number of nitrogens with zero attached hydrogens (tertiary/aromatic N) is 4. The Bertz CT molecular complexity index is 528. The van der Waals surface area contributed by atoms with E-state index in [1.54, 1.807) is 9.58 Å². The van der Waals surface area contributed by atoms with Crippen LogP contribution >= 0.6 is 0 Å². The van der Waals surface area contributed by atoms with Crippen molar-refractivity contribution >= 4 is 6.09 Å². The number of likely N-dealkylation sites (tertiary alicyclic amines) is 1. The molecule has 0 unspecified atom stereocenters. The molecule has 23 heavy (non-hydrogen) atoms. The van der Waals surface area contributed by atoms with Gasteiger partial charge in [0, 0.05) is 20.1 Å². The number of hydrogen-bond acceptors (Lipinski definition) is 5. The van der Waals surface area contributed by atoms with E-state index in [0.717, 1.165) is 25.0 Å². The molecule has 7 nitrogen and oxygen atoms in total. The normalized spacial score (nSPS) is 18.0. The van der Waals surface area contributed by atoms with Crippen molar-refractivity contribution in [3.05, 3.63) is 11.9 Å². The zero-order valence-corrected chi connectivity index (χ0v) is 14.8. The molecule has 1 aromatic rings. The molecule has 1 aliphatic rings. The van der Waals surface area contributed by atoms with Gasteiger partial charge in [-0.15, -0.1) is 5.10 Å². The summed E-state index contributed by atoms with van der Waals surface area (Å²) in [5.41, 5.74) is 0.171. The van der Waals surface area contributed by atoms with Crippen LogP contribution in [0.15, 0.2) is 6.20 Å². The van der Waals surface area contributed by atoms with Crippen LogP contribution in [0.1, 0.15) is 52.7 Å². The summed E-state index contributed by atoms with van der Waals surface area (Å²) < 4.78 is 13.3. The summed E-state index contributed by atoms with van der Waals surface area (Å²) in [6.45, 7) is 9.54. The lowest BCUT2D eigenvalue weighted by Gasteiger charge is -2.41. The molecule has 1 fully saturated rings. The lowest BCUT2D eigenvalue weighted by Crippen LogP contribution is -2.49. The van der Waals surface area contributed by atoms with Crippen LogP contribution < -0.4 is 0 Å². The van der Waals surface area contributed by atoms with Crippen LogP contribution in [0.25, 0.3) is 0 Å². The summed E-state index contributed by atoms with van der Waals surface area (Å²) in [6.07, 6.45) is 4.15. The molecule has 130 valence electrons. The first-order chi connectivity index (χ1) is 10.7. The van der Waals surface area contributed by atoms with Crippen molar-refractivity contribution < 1.29 is 14.3 Å². The number of carbonyl (C=O) groups is 1. The number of piperidine rings is 1. The smallest absolute Gasteiger partial charge is 0.410 e. The number of hydrogen-bond donors (Lipinski definition) is 0. The standard InChI is InChI=1S/C16H28N4O3/c1-6-16(22-12-13-11-19(5)18-17-13)7-9-20(10-8-16)14(21)23-15(2,3)4/h11H,6-10,12H2,1-5H3. The van der Waals surface area contributed by atoms with Gasteiger partial charge in [0.1, 0.15) is 11.3 Å². The summed E-state index contributed by atoms with van der Waals surface area (Å²) in [6, 6.07) is 0. The minimum atomic E-state index is -0.459. The second-order valence-electron chi connectivity index (χ2n) is 7.18. The highest BCUT2D eigenvalue weighted by Gasteiger charge is 2.36. The van der Waals surface area contributed by atoms with E-state index in [9.17, 15) is 4.79 Å². The first kappa shape index (κ1) is 17.7. The fourth-order valence-corrected chi connectivity index (χ4v) is 2.71. The SMILES string of the molecule is CCC1(OCc2cn(C)nn2)CCN(C(=O)OC(C)(C)C)CC1. The Morgan fingerprint density at radius 1 is 1.35 bits per heavy atom. The van der Waals surface area contributed by atoms with Gasteiger partial charge in [0.2, 0.25) is 0 Å². The molecule has 0 aliphatic carbocycles. The third-order valence-electron chi connectivity index (χ3n) is 4.15. The van der Waals surface area contributed by atoms with Crippen LogP contribution in [0, 0.1) is 0 Å². The van der Waals surface area contributed by atoms with E-state index < -0.39 is 5.60 Å². The van der Waals surface area contributed by atoms with Gasteiger partial charge in [-0.25, -0.2) is 4.79 Å². The molecule has 0 bridgehead atoms. The highest BCUT2D eigenvalue weighted by molar-refractivity contribution is 5.68. The molecule has 1 amide bonds. The van der Waals surface area contributed by atoms with Gasteiger partial charge in [-0.3, -0.25) is 4.68 Å². The zero-order chi connectivity index (χ0) is 17.1. The first-order valence-electron chi connectivity index (χ1n) is 8.20. The number of aryl methyl sites for hydroxylation is 1. The third-order valence-corrected chi connectivity index (χ3v) is 4.15. The van der Waals surface area contributed by atoms with Crippen LogP contribution in [-0.2, 0) is 23.1 Å². The van der Waals surface area contributed by atoms with E-state index in [1.165, 1.54) is 0 Å². The maximum Gasteiger partial charge on any atom is 0.410 e. The predicted molar refractivity (Wildman–Crippen MR) is 85.9 cm³/mol. The van der Waals surface area contributed by atoms with Crippen molar-refractivity contribution in [3.8, 4) is 0 Å². The summed E-state index contributed by atoms with van der Waals surface area (Å²) in [5, 5.41) is 7.97. The average Bonchev–Trinajstić information content (AvgIpc) is 2.89. The maximum absolute atomic E-state index is 12.1. The van der Waals surface area contributed by atoms with Crippen molar-refractivity contribution in [1.29, 1.82) is 0 Å². The summed E-state index contributed by atoms with van der Waals surface area (Å²) in [7, 11) is 1.84. The van der Waals surface area contributed by atoms with Gasteiger partial charge >= 0.3 is 6.09 Å². The average molecular weight is 324 g/mol. The Labute approximate surface area is 137 Å². The quantitative estimate of drug-likeness (QED) is 0.851. The van der Waals surface area contributed by atoms with Gasteiger partial charge in [-0.1, -0.05) is 12.1 Å². The van der Waals surface area contributed by atoms with Crippen molar-refractivity contribution in [2.45, 2.75) is 64.8 Å². The molecule has 0 aromatic carbocycles. The summed E-state index contributed by atoms with van der Waals surface area (Å²) >= 11 is 0. The molecular weight excluding hydrogens is 296 g/mol. The third kappa shape index (κ3) is 4.92. The number of carbonyl (C=O) groups excluding carboxylic acids is 1. The molecule has 0 saturated carbocycles. The van der Waals surface area contributed by atoms with Gasteiger partial charge in [-0.2, -0.15) is 0 Å². The Morgan fingerprint density at radius 3 is 2.48 bits per heavy atom. The summed E-state index contributed by atoms with van der Waals surface area (Å²) in [5.74, 6) is 0. The van der Waals surface area contributed by atoms with Gasteiger partial charge in [0.05, 0.1) is 18.4 Å². The van der Waals surface area contributed by atoms with Gasteiger partial charge < -0.3 is 14.4 Å². The first-order valence-corrected chi connectivity index (χ1v) is 8.20. The zero-order valence-electron chi connectivity index (χ0n) is 14.8. The van der Waals surface area contributed by atoms with Gasteiger partial charge in [0.15, 0.2) is 0 Å². The van der Waals surface area contributed by atoms with E-state index in [0.29, 0.717) is 19.7 Å². The van der Waals surface area contributed by atoms with E-state index in [-0.39, 0.29) is 11.7 Å². The highest BCUT2D eigenvalue weighted by Crippen LogP contribution is 2.31. The van der Waals surface area contributed by atoms with Crippen molar-refractivity contribution in [2.24, 2.45) is 7.05 Å². The van der Waals surface area contributed by atoms with Crippen molar-refractivity contribution in [1.82, 2.24) is 19.9 Å². The Morgan fingerprint density at radius 2 is 2.00 bits per heavy atom. The molecule has 0 radical (unpaired) electrons. The largest absolute Gasteiger partial charge is 0.444 e. The Balaban J connectivity index is 1.87. The van der Waals surface area contributed by atoms with Crippen molar-refractivity contribution in [2.75, 3.05) is 13.1 Å². The fourth-order valence-electron chi connectivity index (χ4n) is 2.71. The monoisotopic (exact) mass is 324 g/mol. The van der Waals surface area contributed by atoms with E-state index in [4.69, 9.17) is 9.47 Å². The Kier molecular flexibility index (Phi) is 5.29. The summed E-state index contributed by atoms with van der Waals surface area (Å²) in [4.78, 5) is 13.9. The van der Waals surface area contributed by atoms with Gasteiger partial charge in [0.25, 0.3) is 0 Å². The van der Waals surface area contributed by atoms with Crippen LogP contribution in [-0.4, -0.2) is 50.3 Å². The molecule has 1 saturated heterocycles. The second kappa shape index (κ2) is 6.86. The molecule has 7 heteroatoms.